The number of rotatable bonds is 6. The molecule has 9 heteroatoms. The van der Waals surface area contributed by atoms with Crippen molar-refractivity contribution in [2.45, 2.75) is 25.3 Å². The summed E-state index contributed by atoms with van der Waals surface area (Å²) in [6.45, 7) is 1.00. The molecular weight excluding hydrogens is 338 g/mol. The zero-order chi connectivity index (χ0) is 17.9. The summed E-state index contributed by atoms with van der Waals surface area (Å²) in [6, 6.07) is 5.39. The molecule has 0 aromatic heterocycles. The third-order valence-electron chi connectivity index (χ3n) is 3.74. The summed E-state index contributed by atoms with van der Waals surface area (Å²) in [5, 5.41) is 22.4. The van der Waals surface area contributed by atoms with Gasteiger partial charge in [-0.3, -0.25) is 14.9 Å². The van der Waals surface area contributed by atoms with Crippen molar-refractivity contribution in [2.24, 2.45) is 5.92 Å². The molecule has 1 aliphatic carbocycles. The Balaban J connectivity index is 1.98. The van der Waals surface area contributed by atoms with Crippen molar-refractivity contribution >= 4 is 29.2 Å². The molecule has 0 unspecified atom stereocenters. The lowest BCUT2D eigenvalue weighted by Crippen LogP contribution is -2.48. The van der Waals surface area contributed by atoms with Gasteiger partial charge >= 0.3 is 5.97 Å². The van der Waals surface area contributed by atoms with Gasteiger partial charge in [0, 0.05) is 12.1 Å². The number of carbonyl (C=O) groups is 2. The molecule has 8 nitrogen and oxygen atoms in total. The van der Waals surface area contributed by atoms with Crippen molar-refractivity contribution < 1.29 is 19.2 Å². The number of ether oxygens (including phenoxy) is 1. The Bertz CT molecular complexity index is 741. The zero-order valence-corrected chi connectivity index (χ0v) is 13.5. The van der Waals surface area contributed by atoms with E-state index in [2.05, 4.69) is 11.4 Å². The van der Waals surface area contributed by atoms with Crippen molar-refractivity contribution in [2.75, 3.05) is 6.61 Å². The van der Waals surface area contributed by atoms with Gasteiger partial charge in [0.05, 0.1) is 21.6 Å². The molecule has 0 bridgehead atoms. The van der Waals surface area contributed by atoms with Crippen LogP contribution in [0, 0.1) is 27.4 Å². The fourth-order valence-corrected chi connectivity index (χ4v) is 2.39. The van der Waals surface area contributed by atoms with Crippen LogP contribution in [0.5, 0.6) is 0 Å². The summed E-state index contributed by atoms with van der Waals surface area (Å²) in [7, 11) is 0. The number of nitro benzene ring substituents is 1. The highest BCUT2D eigenvalue weighted by Crippen LogP contribution is 2.39. The van der Waals surface area contributed by atoms with Crippen LogP contribution in [0.4, 0.5) is 5.69 Å². The van der Waals surface area contributed by atoms with E-state index in [1.165, 1.54) is 6.07 Å². The van der Waals surface area contributed by atoms with Crippen LogP contribution in [-0.2, 0) is 9.53 Å². The van der Waals surface area contributed by atoms with Crippen LogP contribution in [0.15, 0.2) is 18.2 Å². The van der Waals surface area contributed by atoms with Crippen molar-refractivity contribution in [1.82, 2.24) is 5.32 Å². The summed E-state index contributed by atoms with van der Waals surface area (Å²) in [5.41, 5.74) is -1.52. The third-order valence-corrected chi connectivity index (χ3v) is 4.07. The number of halogens is 1. The van der Waals surface area contributed by atoms with E-state index in [9.17, 15) is 19.7 Å². The lowest BCUT2D eigenvalue weighted by Gasteiger charge is -2.22. The number of nitro groups is 1. The zero-order valence-electron chi connectivity index (χ0n) is 12.7. The van der Waals surface area contributed by atoms with Crippen molar-refractivity contribution in [3.8, 4) is 6.07 Å². The molecule has 0 aliphatic heterocycles. The Morgan fingerprint density at radius 2 is 2.21 bits per heavy atom. The fourth-order valence-electron chi connectivity index (χ4n) is 2.20. The van der Waals surface area contributed by atoms with Crippen LogP contribution in [0.2, 0.25) is 5.02 Å². The van der Waals surface area contributed by atoms with Crippen LogP contribution < -0.4 is 5.32 Å². The molecule has 1 saturated carbocycles. The molecule has 1 aliphatic rings. The van der Waals surface area contributed by atoms with Gasteiger partial charge in [-0.2, -0.15) is 5.26 Å². The van der Waals surface area contributed by atoms with E-state index < -0.39 is 28.9 Å². The first kappa shape index (κ1) is 17.7. The van der Waals surface area contributed by atoms with Crippen molar-refractivity contribution in [1.29, 1.82) is 5.26 Å². The lowest BCUT2D eigenvalue weighted by atomic mass is 9.98. The summed E-state index contributed by atoms with van der Waals surface area (Å²) in [6.07, 6.45) is 1.71. The summed E-state index contributed by atoms with van der Waals surface area (Å²) in [4.78, 5) is 33.9. The first-order chi connectivity index (χ1) is 11.3. The van der Waals surface area contributed by atoms with Gasteiger partial charge < -0.3 is 10.1 Å². The quantitative estimate of drug-likeness (QED) is 0.476. The van der Waals surface area contributed by atoms with Gasteiger partial charge in [-0.1, -0.05) is 11.6 Å². The van der Waals surface area contributed by atoms with Crippen LogP contribution in [0.25, 0.3) is 0 Å². The number of benzene rings is 1. The molecule has 2 rings (SSSR count). The standard InChI is InChI=1S/C15H14ClN3O5/c1-15(8-17,9-2-3-9)18-13(20)7-24-14(21)11-6-10(19(22)23)4-5-12(11)16/h4-6,9H,2-3,7H2,1H3,(H,18,20)/t15-/m0/s1. The molecule has 1 aromatic rings. The SMILES string of the molecule is C[C@@](C#N)(NC(=O)COC(=O)c1cc([N+](=O)[O-])ccc1Cl)C1CC1. The van der Waals surface area contributed by atoms with Crippen LogP contribution in [0.1, 0.15) is 30.1 Å². The molecule has 0 heterocycles. The monoisotopic (exact) mass is 351 g/mol. The molecule has 1 atom stereocenters. The van der Waals surface area contributed by atoms with E-state index in [1.54, 1.807) is 6.92 Å². The Morgan fingerprint density at radius 3 is 2.75 bits per heavy atom. The third kappa shape index (κ3) is 4.00. The second-order valence-corrected chi connectivity index (χ2v) is 6.04. The maximum atomic E-state index is 12.0. The molecular formula is C15H14ClN3O5. The van der Waals surface area contributed by atoms with E-state index in [0.29, 0.717) is 0 Å². The minimum absolute atomic E-state index is 0.0224. The Morgan fingerprint density at radius 1 is 1.54 bits per heavy atom. The molecule has 0 radical (unpaired) electrons. The number of esters is 1. The average molecular weight is 352 g/mol. The minimum atomic E-state index is -0.993. The van der Waals surface area contributed by atoms with Gasteiger partial charge in [0.25, 0.3) is 11.6 Å². The van der Waals surface area contributed by atoms with Crippen LogP contribution >= 0.6 is 11.6 Å². The van der Waals surface area contributed by atoms with Crippen LogP contribution in [-0.4, -0.2) is 28.9 Å². The van der Waals surface area contributed by atoms with E-state index in [0.717, 1.165) is 25.0 Å². The molecule has 1 amide bonds. The molecule has 1 aromatic carbocycles. The van der Waals surface area contributed by atoms with Gasteiger partial charge in [-0.25, -0.2) is 4.79 Å². The molecule has 0 saturated heterocycles. The molecule has 0 spiro atoms. The highest BCUT2D eigenvalue weighted by Gasteiger charge is 2.43. The van der Waals surface area contributed by atoms with E-state index in [4.69, 9.17) is 21.6 Å². The largest absolute Gasteiger partial charge is 0.452 e. The maximum absolute atomic E-state index is 12.0. The lowest BCUT2D eigenvalue weighted by molar-refractivity contribution is -0.384. The number of hydrogen-bond donors (Lipinski definition) is 1. The van der Waals surface area contributed by atoms with Gasteiger partial charge in [-0.05, 0) is 31.7 Å². The van der Waals surface area contributed by atoms with Gasteiger partial charge in [0.1, 0.15) is 5.54 Å². The number of nitrogens with one attached hydrogen (secondary N) is 1. The first-order valence-corrected chi connectivity index (χ1v) is 7.48. The smallest absolute Gasteiger partial charge is 0.340 e. The Hall–Kier alpha value is -2.66. The van der Waals surface area contributed by atoms with Gasteiger partial charge in [0.15, 0.2) is 6.61 Å². The average Bonchev–Trinajstić information content (AvgIpc) is 3.38. The van der Waals surface area contributed by atoms with Crippen LogP contribution in [0.3, 0.4) is 0 Å². The Labute approximate surface area is 142 Å². The molecule has 1 N–H and O–H groups in total. The van der Waals surface area contributed by atoms with Gasteiger partial charge in [0.2, 0.25) is 0 Å². The van der Waals surface area contributed by atoms with E-state index in [-0.39, 0.29) is 22.2 Å². The minimum Gasteiger partial charge on any atom is -0.452 e. The highest BCUT2D eigenvalue weighted by molar-refractivity contribution is 6.33. The fraction of sp³-hybridized carbons (Fsp3) is 0.400. The van der Waals surface area contributed by atoms with E-state index in [1.807, 2.05) is 0 Å². The van der Waals surface area contributed by atoms with E-state index >= 15 is 0 Å². The molecule has 24 heavy (non-hydrogen) atoms. The number of non-ortho nitro benzene ring substituents is 1. The second kappa shape index (κ2) is 6.84. The number of nitriles is 1. The van der Waals surface area contributed by atoms with Crippen molar-refractivity contribution in [3.63, 3.8) is 0 Å². The molecule has 126 valence electrons. The Kier molecular flexibility index (Phi) is 5.04. The predicted molar refractivity (Wildman–Crippen MR) is 83.3 cm³/mol. The number of amides is 1. The predicted octanol–water partition coefficient (Wildman–Crippen LogP) is 2.21. The summed E-state index contributed by atoms with van der Waals surface area (Å²) < 4.78 is 4.83. The normalized spacial score (nSPS) is 15.7. The second-order valence-electron chi connectivity index (χ2n) is 5.63. The van der Waals surface area contributed by atoms with Crippen molar-refractivity contribution in [3.05, 3.63) is 38.9 Å². The number of carbonyl (C=O) groups excluding carboxylic acids is 2. The maximum Gasteiger partial charge on any atom is 0.340 e. The number of nitrogens with zero attached hydrogens (tertiary/aromatic N) is 2. The summed E-state index contributed by atoms with van der Waals surface area (Å²) >= 11 is 5.82. The first-order valence-electron chi connectivity index (χ1n) is 7.10. The highest BCUT2D eigenvalue weighted by atomic mass is 35.5. The molecule has 1 fully saturated rings. The number of hydrogen-bond acceptors (Lipinski definition) is 6. The summed E-state index contributed by atoms with van der Waals surface area (Å²) in [5.74, 6) is -1.49. The van der Waals surface area contributed by atoms with Gasteiger partial charge in [-0.15, -0.1) is 0 Å². The topological polar surface area (TPSA) is 122 Å².